The molecule has 0 unspecified atom stereocenters. The van der Waals surface area contributed by atoms with Gasteiger partial charge in [0.15, 0.2) is 5.75 Å². The van der Waals surface area contributed by atoms with Gasteiger partial charge in [0.1, 0.15) is 18.1 Å². The molecular weight excluding hydrogens is 611 g/mol. The Hall–Kier alpha value is -4.65. The van der Waals surface area contributed by atoms with Crippen LogP contribution in [0.5, 0.6) is 11.6 Å². The fraction of sp³-hybridized carbons (Fsp3) is 0.364. The molecule has 242 valence electrons. The highest BCUT2D eigenvalue weighted by molar-refractivity contribution is 7.92. The Bertz CT molecular complexity index is 1820. The molecule has 1 atom stereocenters. The van der Waals surface area contributed by atoms with Crippen LogP contribution in [0.4, 0.5) is 10.3 Å². The van der Waals surface area contributed by atoms with Crippen LogP contribution in [0.2, 0.25) is 0 Å². The van der Waals surface area contributed by atoms with Gasteiger partial charge in [-0.2, -0.15) is 4.98 Å². The number of aryl methyl sites for hydroxylation is 2. The van der Waals surface area contributed by atoms with Crippen molar-refractivity contribution < 1.29 is 27.1 Å². The number of nitrogens with zero attached hydrogens (tertiary/aromatic N) is 5. The summed E-state index contributed by atoms with van der Waals surface area (Å²) in [5.74, 6) is 0.0421. The highest BCUT2D eigenvalue weighted by atomic mass is 32.2. The highest BCUT2D eigenvalue weighted by Gasteiger charge is 2.33. The highest BCUT2D eigenvalue weighted by Crippen LogP contribution is 2.31. The Morgan fingerprint density at radius 3 is 2.39 bits per heavy atom. The SMILES string of the molecule is Cc1cccc(C)c1-c1cc2nc(n1)NS(=O)(=O)c1cccc(c1)C(=O)N(Cc1ncc(OC(C)C)cn1)[C@H](CC(C)(C)F)CO2. The van der Waals surface area contributed by atoms with E-state index in [1.54, 1.807) is 6.07 Å². The zero-order valence-corrected chi connectivity index (χ0v) is 27.4. The van der Waals surface area contributed by atoms with Crippen molar-refractivity contribution in [3.63, 3.8) is 0 Å². The maximum absolute atomic E-state index is 15.4. The molecule has 0 aliphatic carbocycles. The molecule has 1 amide bonds. The van der Waals surface area contributed by atoms with Crippen LogP contribution in [0.15, 0.2) is 65.8 Å². The number of hydrogen-bond donors (Lipinski definition) is 1. The van der Waals surface area contributed by atoms with E-state index in [0.717, 1.165) is 16.7 Å². The summed E-state index contributed by atoms with van der Waals surface area (Å²) in [4.78, 5) is 33.0. The van der Waals surface area contributed by atoms with Crippen molar-refractivity contribution in [1.29, 1.82) is 0 Å². The molecule has 46 heavy (non-hydrogen) atoms. The normalized spacial score (nSPS) is 16.5. The Labute approximate surface area is 268 Å². The van der Waals surface area contributed by atoms with E-state index >= 15 is 4.39 Å². The van der Waals surface area contributed by atoms with Gasteiger partial charge in [0, 0.05) is 23.6 Å². The number of fused-ring (bicyclic) bond motifs is 4. The molecule has 4 bridgehead atoms. The topological polar surface area (TPSA) is 136 Å². The number of rotatable bonds is 7. The van der Waals surface area contributed by atoms with Gasteiger partial charge in [-0.05, 0) is 70.9 Å². The Morgan fingerprint density at radius 1 is 1.07 bits per heavy atom. The molecule has 1 N–H and O–H groups in total. The number of halogens is 1. The molecule has 0 spiro atoms. The summed E-state index contributed by atoms with van der Waals surface area (Å²) < 4.78 is 56.7. The minimum Gasteiger partial charge on any atom is -0.488 e. The van der Waals surface area contributed by atoms with Gasteiger partial charge in [0.05, 0.1) is 41.7 Å². The number of carbonyl (C=O) groups is 1. The lowest BCUT2D eigenvalue weighted by atomic mass is 9.99. The molecule has 0 saturated carbocycles. The number of nitrogens with one attached hydrogen (secondary N) is 1. The first kappa shape index (κ1) is 32.7. The number of alkyl halides is 1. The average Bonchev–Trinajstić information content (AvgIpc) is 2.97. The van der Waals surface area contributed by atoms with Gasteiger partial charge < -0.3 is 14.4 Å². The molecule has 3 heterocycles. The van der Waals surface area contributed by atoms with E-state index in [-0.39, 0.29) is 53.8 Å². The summed E-state index contributed by atoms with van der Waals surface area (Å²) in [5, 5.41) is 0. The monoisotopic (exact) mass is 648 g/mol. The van der Waals surface area contributed by atoms with Crippen molar-refractivity contribution in [3.8, 4) is 22.9 Å². The molecule has 4 aromatic rings. The van der Waals surface area contributed by atoms with E-state index in [1.807, 2.05) is 45.9 Å². The third-order valence-corrected chi connectivity index (χ3v) is 8.59. The van der Waals surface area contributed by atoms with Gasteiger partial charge in [-0.1, -0.05) is 24.3 Å². The number of benzene rings is 2. The Kier molecular flexibility index (Phi) is 9.24. The maximum atomic E-state index is 15.4. The van der Waals surface area contributed by atoms with Crippen LogP contribution >= 0.6 is 0 Å². The third kappa shape index (κ3) is 7.76. The standard InChI is InChI=1S/C33H37FN6O5S/c1-20(2)45-25-16-35-28(36-17-25)18-40-24(15-33(5,6)34)19-44-29-14-27(30-21(3)9-7-10-22(30)4)37-32(38-29)39-46(42,43)26-12-8-11-23(13-26)31(40)41/h7-14,16-17,20,24H,15,18-19H2,1-6H3,(H,37,38,39)/t24-/m1/s1. The Morgan fingerprint density at radius 2 is 1.74 bits per heavy atom. The summed E-state index contributed by atoms with van der Waals surface area (Å²) in [5.41, 5.74) is 1.44. The summed E-state index contributed by atoms with van der Waals surface area (Å²) in [6.07, 6.45) is 2.83. The van der Waals surface area contributed by atoms with Crippen molar-refractivity contribution in [2.75, 3.05) is 11.3 Å². The molecule has 11 nitrogen and oxygen atoms in total. The maximum Gasteiger partial charge on any atom is 0.264 e. The average molecular weight is 649 g/mol. The fourth-order valence-corrected chi connectivity index (χ4v) is 6.30. The predicted octanol–water partition coefficient (Wildman–Crippen LogP) is 5.68. The van der Waals surface area contributed by atoms with E-state index in [2.05, 4.69) is 24.7 Å². The molecule has 13 heteroatoms. The van der Waals surface area contributed by atoms with Crippen LogP contribution in [0.3, 0.4) is 0 Å². The van der Waals surface area contributed by atoms with E-state index in [1.165, 1.54) is 55.4 Å². The smallest absolute Gasteiger partial charge is 0.264 e. The van der Waals surface area contributed by atoms with Crippen LogP contribution in [-0.2, 0) is 16.6 Å². The molecule has 1 aliphatic heterocycles. The van der Waals surface area contributed by atoms with E-state index in [9.17, 15) is 13.2 Å². The largest absolute Gasteiger partial charge is 0.488 e. The molecule has 2 aromatic heterocycles. The molecule has 2 aromatic carbocycles. The van der Waals surface area contributed by atoms with Crippen molar-refractivity contribution in [2.24, 2.45) is 0 Å². The number of aromatic nitrogens is 4. The van der Waals surface area contributed by atoms with E-state index < -0.39 is 27.6 Å². The lowest BCUT2D eigenvalue weighted by molar-refractivity contribution is 0.0445. The van der Waals surface area contributed by atoms with E-state index in [4.69, 9.17) is 9.47 Å². The van der Waals surface area contributed by atoms with Gasteiger partial charge in [-0.3, -0.25) is 4.79 Å². The molecule has 5 rings (SSSR count). The minimum atomic E-state index is -4.23. The van der Waals surface area contributed by atoms with Crippen molar-refractivity contribution >= 4 is 21.9 Å². The van der Waals surface area contributed by atoms with Crippen molar-refractivity contribution in [1.82, 2.24) is 24.8 Å². The van der Waals surface area contributed by atoms with Gasteiger partial charge in [0.2, 0.25) is 11.8 Å². The lowest BCUT2D eigenvalue weighted by Crippen LogP contribution is -2.46. The first-order chi connectivity index (χ1) is 21.7. The second-order valence-corrected chi connectivity index (χ2v) is 13.8. The van der Waals surface area contributed by atoms with Crippen LogP contribution in [0.1, 0.15) is 61.4 Å². The summed E-state index contributed by atoms with van der Waals surface area (Å²) in [6, 6.07) is 12.2. The number of carbonyl (C=O) groups excluding carboxylic acids is 1. The third-order valence-electron chi connectivity index (χ3n) is 7.27. The van der Waals surface area contributed by atoms with E-state index in [0.29, 0.717) is 11.4 Å². The Balaban J connectivity index is 1.64. The zero-order valence-electron chi connectivity index (χ0n) is 26.6. The summed E-state index contributed by atoms with van der Waals surface area (Å²) in [6.45, 7) is 10.2. The lowest BCUT2D eigenvalue weighted by Gasteiger charge is -2.34. The first-order valence-corrected chi connectivity index (χ1v) is 16.4. The zero-order chi connectivity index (χ0) is 33.2. The number of ether oxygens (including phenoxy) is 2. The number of sulfonamides is 1. The fourth-order valence-electron chi connectivity index (χ4n) is 5.31. The molecular formula is C33H37FN6O5S. The summed E-state index contributed by atoms with van der Waals surface area (Å²) >= 11 is 0. The molecule has 0 saturated heterocycles. The van der Waals surface area contributed by atoms with Crippen LogP contribution < -0.4 is 14.2 Å². The molecule has 1 aliphatic rings. The number of anilines is 1. The van der Waals surface area contributed by atoms with Crippen LogP contribution in [0, 0.1) is 13.8 Å². The molecule has 0 fully saturated rings. The predicted molar refractivity (Wildman–Crippen MR) is 171 cm³/mol. The van der Waals surface area contributed by atoms with Gasteiger partial charge in [-0.15, -0.1) is 0 Å². The second kappa shape index (κ2) is 13.0. The first-order valence-electron chi connectivity index (χ1n) is 14.9. The van der Waals surface area contributed by atoms with Crippen molar-refractivity contribution in [2.45, 2.75) is 77.2 Å². The number of amides is 1. The van der Waals surface area contributed by atoms with Gasteiger partial charge in [0.25, 0.3) is 15.9 Å². The van der Waals surface area contributed by atoms with Crippen molar-refractivity contribution in [3.05, 3.63) is 83.4 Å². The van der Waals surface area contributed by atoms with Gasteiger partial charge >= 0.3 is 0 Å². The minimum absolute atomic E-state index is 0.0526. The van der Waals surface area contributed by atoms with Gasteiger partial charge in [-0.25, -0.2) is 32.5 Å². The second-order valence-electron chi connectivity index (χ2n) is 12.1. The molecule has 0 radical (unpaired) electrons. The van der Waals surface area contributed by atoms with Crippen LogP contribution in [-0.4, -0.2) is 63.6 Å². The number of hydrogen-bond acceptors (Lipinski definition) is 9. The van der Waals surface area contributed by atoms with Crippen LogP contribution in [0.25, 0.3) is 11.3 Å². The summed E-state index contributed by atoms with van der Waals surface area (Å²) in [7, 11) is -4.23. The quantitative estimate of drug-likeness (QED) is 0.268.